The molecule has 0 aliphatic rings. The van der Waals surface area contributed by atoms with E-state index in [0.717, 1.165) is 47.9 Å². The number of nitrogens with zero attached hydrogens (tertiary/aromatic N) is 2. The molecule has 172 valence electrons. The van der Waals surface area contributed by atoms with Crippen molar-refractivity contribution in [3.05, 3.63) is 57.9 Å². The fourth-order valence-electron chi connectivity index (χ4n) is 3.53. The third-order valence-electron chi connectivity index (χ3n) is 5.34. The predicted molar refractivity (Wildman–Crippen MR) is 139 cm³/mol. The van der Waals surface area contributed by atoms with E-state index in [1.807, 2.05) is 35.7 Å². The van der Waals surface area contributed by atoms with E-state index in [1.54, 1.807) is 11.3 Å². The Labute approximate surface area is 206 Å². The summed E-state index contributed by atoms with van der Waals surface area (Å²) in [5, 5.41) is 4.06. The Morgan fingerprint density at radius 2 is 1.50 bits per heavy atom. The molecule has 3 rings (SSSR count). The fraction of sp³-hybridized carbons (Fsp3) is 0.423. The SMILES string of the molecule is CCCCN(CCCC)CCCOc1c(Cl)cc(-c2csc(-c3ccccc3)n2)cc1Cl. The summed E-state index contributed by atoms with van der Waals surface area (Å²) in [5.41, 5.74) is 2.87. The Balaban J connectivity index is 1.59. The molecular weight excluding hydrogens is 459 g/mol. The smallest absolute Gasteiger partial charge is 0.156 e. The molecule has 32 heavy (non-hydrogen) atoms. The second-order valence-electron chi connectivity index (χ2n) is 7.92. The molecule has 0 atom stereocenters. The van der Waals surface area contributed by atoms with Crippen molar-refractivity contribution in [2.24, 2.45) is 0 Å². The number of thiazole rings is 1. The number of hydrogen-bond donors (Lipinski definition) is 0. The molecular formula is C26H32Cl2N2OS. The van der Waals surface area contributed by atoms with Crippen LogP contribution >= 0.6 is 34.5 Å². The lowest BCUT2D eigenvalue weighted by Gasteiger charge is -2.22. The van der Waals surface area contributed by atoms with E-state index in [2.05, 4.69) is 30.9 Å². The summed E-state index contributed by atoms with van der Waals surface area (Å²) in [4.78, 5) is 7.30. The Morgan fingerprint density at radius 3 is 2.12 bits per heavy atom. The van der Waals surface area contributed by atoms with E-state index < -0.39 is 0 Å². The summed E-state index contributed by atoms with van der Waals surface area (Å²) in [6.07, 6.45) is 5.89. The molecule has 3 aromatic rings. The summed E-state index contributed by atoms with van der Waals surface area (Å²) < 4.78 is 5.98. The minimum atomic E-state index is 0.524. The van der Waals surface area contributed by atoms with E-state index in [9.17, 15) is 0 Å². The molecule has 0 saturated heterocycles. The zero-order valence-corrected chi connectivity index (χ0v) is 21.3. The van der Waals surface area contributed by atoms with Crippen LogP contribution in [0.3, 0.4) is 0 Å². The maximum Gasteiger partial charge on any atom is 0.156 e. The van der Waals surface area contributed by atoms with Gasteiger partial charge in [-0.15, -0.1) is 11.3 Å². The molecule has 3 nitrogen and oxygen atoms in total. The lowest BCUT2D eigenvalue weighted by atomic mass is 10.1. The van der Waals surface area contributed by atoms with Crippen LogP contribution < -0.4 is 4.74 Å². The van der Waals surface area contributed by atoms with Crippen molar-refractivity contribution in [3.63, 3.8) is 0 Å². The normalized spacial score (nSPS) is 11.3. The van der Waals surface area contributed by atoms with Crippen molar-refractivity contribution in [2.45, 2.75) is 46.0 Å². The molecule has 1 aromatic heterocycles. The summed E-state index contributed by atoms with van der Waals surface area (Å²) in [7, 11) is 0. The first kappa shape index (κ1) is 25.0. The number of halogens is 2. The van der Waals surface area contributed by atoms with Gasteiger partial charge in [0.25, 0.3) is 0 Å². The number of aromatic nitrogens is 1. The number of hydrogen-bond acceptors (Lipinski definition) is 4. The van der Waals surface area contributed by atoms with Crippen molar-refractivity contribution in [1.29, 1.82) is 0 Å². The van der Waals surface area contributed by atoms with E-state index >= 15 is 0 Å². The number of unbranched alkanes of at least 4 members (excludes halogenated alkanes) is 2. The highest BCUT2D eigenvalue weighted by Gasteiger charge is 2.14. The summed E-state index contributed by atoms with van der Waals surface area (Å²) in [6.45, 7) is 8.43. The van der Waals surface area contributed by atoms with Crippen LogP contribution in [0.4, 0.5) is 0 Å². The van der Waals surface area contributed by atoms with Gasteiger partial charge < -0.3 is 9.64 Å². The molecule has 0 amide bonds. The molecule has 2 aromatic carbocycles. The quantitative estimate of drug-likeness (QED) is 0.224. The van der Waals surface area contributed by atoms with Crippen LogP contribution in [-0.2, 0) is 0 Å². The van der Waals surface area contributed by atoms with Crippen molar-refractivity contribution < 1.29 is 4.74 Å². The number of benzene rings is 2. The van der Waals surface area contributed by atoms with Crippen molar-refractivity contribution >= 4 is 34.5 Å². The van der Waals surface area contributed by atoms with Gasteiger partial charge in [-0.1, -0.05) is 80.2 Å². The van der Waals surface area contributed by atoms with Gasteiger partial charge in [0.15, 0.2) is 5.75 Å². The number of ether oxygens (including phenoxy) is 1. The summed E-state index contributed by atoms with van der Waals surface area (Å²) in [5.74, 6) is 0.560. The topological polar surface area (TPSA) is 25.4 Å². The zero-order chi connectivity index (χ0) is 22.8. The van der Waals surface area contributed by atoms with Crippen LogP contribution in [0.1, 0.15) is 46.0 Å². The van der Waals surface area contributed by atoms with Crippen molar-refractivity contribution in [1.82, 2.24) is 9.88 Å². The third-order valence-corrected chi connectivity index (χ3v) is 6.79. The van der Waals surface area contributed by atoms with Gasteiger partial charge in [-0.3, -0.25) is 0 Å². The van der Waals surface area contributed by atoms with Gasteiger partial charge in [-0.25, -0.2) is 4.98 Å². The van der Waals surface area contributed by atoms with Crippen LogP contribution in [0.5, 0.6) is 5.75 Å². The maximum absolute atomic E-state index is 6.54. The van der Waals surface area contributed by atoms with Crippen LogP contribution in [0.2, 0.25) is 10.0 Å². The molecule has 6 heteroatoms. The number of rotatable bonds is 13. The first-order chi connectivity index (χ1) is 15.6. The first-order valence-electron chi connectivity index (χ1n) is 11.5. The first-order valence-corrected chi connectivity index (χ1v) is 13.1. The maximum atomic E-state index is 6.54. The Kier molecular flexibility index (Phi) is 10.3. The third kappa shape index (κ3) is 7.21. The Hall–Kier alpha value is -1.59. The molecule has 0 bridgehead atoms. The predicted octanol–water partition coefficient (Wildman–Crippen LogP) is 8.46. The molecule has 0 spiro atoms. The fourth-order valence-corrected chi connectivity index (χ4v) is 4.96. The Bertz CT molecular complexity index is 930. The van der Waals surface area contributed by atoms with Crippen LogP contribution in [0.15, 0.2) is 47.8 Å². The standard InChI is InChI=1S/C26H32Cl2N2OS/c1-3-5-13-30(14-6-4-2)15-10-16-31-25-22(27)17-21(18-23(25)28)24-19-32-26(29-24)20-11-8-7-9-12-20/h7-9,11-12,17-19H,3-6,10,13-16H2,1-2H3. The van der Waals surface area contributed by atoms with E-state index in [1.165, 1.54) is 25.7 Å². The highest BCUT2D eigenvalue weighted by atomic mass is 35.5. The lowest BCUT2D eigenvalue weighted by molar-refractivity contribution is 0.229. The van der Waals surface area contributed by atoms with Crippen molar-refractivity contribution in [3.8, 4) is 27.6 Å². The largest absolute Gasteiger partial charge is 0.490 e. The summed E-state index contributed by atoms with van der Waals surface area (Å²) in [6, 6.07) is 13.9. The molecule has 0 aliphatic heterocycles. The second kappa shape index (κ2) is 13.2. The lowest BCUT2D eigenvalue weighted by Crippen LogP contribution is -2.28. The van der Waals surface area contributed by atoms with E-state index in [-0.39, 0.29) is 0 Å². The van der Waals surface area contributed by atoms with Gasteiger partial charge in [0.1, 0.15) is 5.01 Å². The van der Waals surface area contributed by atoms with Crippen LogP contribution in [0.25, 0.3) is 21.8 Å². The molecule has 0 N–H and O–H groups in total. The molecule has 0 aliphatic carbocycles. The molecule has 0 fully saturated rings. The average molecular weight is 492 g/mol. The van der Waals surface area contributed by atoms with Gasteiger partial charge >= 0.3 is 0 Å². The second-order valence-corrected chi connectivity index (χ2v) is 9.60. The molecule has 0 unspecified atom stereocenters. The average Bonchev–Trinajstić information content (AvgIpc) is 3.30. The van der Waals surface area contributed by atoms with Crippen molar-refractivity contribution in [2.75, 3.05) is 26.2 Å². The molecule has 1 heterocycles. The molecule has 0 saturated carbocycles. The highest BCUT2D eigenvalue weighted by Crippen LogP contribution is 2.38. The van der Waals surface area contributed by atoms with E-state index in [0.29, 0.717) is 22.4 Å². The van der Waals surface area contributed by atoms with Gasteiger partial charge in [0.05, 0.1) is 22.3 Å². The highest BCUT2D eigenvalue weighted by molar-refractivity contribution is 7.13. The Morgan fingerprint density at radius 1 is 0.875 bits per heavy atom. The minimum absolute atomic E-state index is 0.524. The zero-order valence-electron chi connectivity index (χ0n) is 18.9. The minimum Gasteiger partial charge on any atom is -0.490 e. The monoisotopic (exact) mass is 490 g/mol. The van der Waals surface area contributed by atoms with Gasteiger partial charge in [-0.2, -0.15) is 0 Å². The van der Waals surface area contributed by atoms with Gasteiger partial charge in [0.2, 0.25) is 0 Å². The van der Waals surface area contributed by atoms with Crippen LogP contribution in [0, 0.1) is 0 Å². The summed E-state index contributed by atoms with van der Waals surface area (Å²) >= 11 is 14.7. The van der Waals surface area contributed by atoms with Gasteiger partial charge in [0, 0.05) is 23.1 Å². The van der Waals surface area contributed by atoms with E-state index in [4.69, 9.17) is 32.9 Å². The van der Waals surface area contributed by atoms with Crippen LogP contribution in [-0.4, -0.2) is 36.1 Å². The van der Waals surface area contributed by atoms with Gasteiger partial charge in [-0.05, 0) is 44.5 Å². The molecule has 0 radical (unpaired) electrons.